The van der Waals surface area contributed by atoms with Gasteiger partial charge in [0.15, 0.2) is 0 Å². The Labute approximate surface area is 398 Å². The molecule has 356 valence electrons. The summed E-state index contributed by atoms with van der Waals surface area (Å²) < 4.78 is 0. The average molecular weight is 940 g/mol. The molecule has 0 saturated carbocycles. The number of carbonyl (C=O) groups excluding carboxylic acids is 4. The number of amides is 4. The molecule has 0 spiro atoms. The molecule has 6 rings (SSSR count). The fourth-order valence-electron chi connectivity index (χ4n) is 8.46. The molecule has 4 amide bonds. The number of hydrogen-bond donors (Lipinski definition) is 5. The first-order valence-corrected chi connectivity index (χ1v) is 25.2. The molecule has 2 aliphatic heterocycles. The van der Waals surface area contributed by atoms with E-state index in [-0.39, 0.29) is 48.2 Å². The van der Waals surface area contributed by atoms with E-state index in [1.54, 1.807) is 17.5 Å². The van der Waals surface area contributed by atoms with Gasteiger partial charge >= 0.3 is 0 Å². The monoisotopic (exact) mass is 939 g/mol. The number of nitrogens with one attached hydrogen (secondary N) is 3. The van der Waals surface area contributed by atoms with Gasteiger partial charge in [0.1, 0.15) is 22.9 Å². The number of likely N-dealkylation sites (tertiary alicyclic amines) is 1. The van der Waals surface area contributed by atoms with E-state index in [0.717, 1.165) is 108 Å². The van der Waals surface area contributed by atoms with Gasteiger partial charge in [-0.05, 0) is 81.2 Å². The quantitative estimate of drug-likeness (QED) is 0.0536. The molecule has 0 bridgehead atoms. The highest BCUT2D eigenvalue weighted by molar-refractivity contribution is 7.99. The Kier molecular flexibility index (Phi) is 17.8. The zero-order valence-corrected chi connectivity index (χ0v) is 41.1. The van der Waals surface area contributed by atoms with Gasteiger partial charge in [-0.15, -0.1) is 11.3 Å². The molecule has 4 heterocycles. The van der Waals surface area contributed by atoms with Crippen LogP contribution in [0.15, 0.2) is 76.4 Å². The number of benzene rings is 2. The first-order chi connectivity index (χ1) is 31.5. The number of piperidine rings is 1. The highest BCUT2D eigenvalue weighted by Crippen LogP contribution is 2.32. The molecule has 2 fully saturated rings. The second-order valence-electron chi connectivity index (χ2n) is 19.4. The van der Waals surface area contributed by atoms with E-state index in [4.69, 9.17) is 5.73 Å². The van der Waals surface area contributed by atoms with Crippen LogP contribution in [0.5, 0.6) is 0 Å². The van der Waals surface area contributed by atoms with Crippen molar-refractivity contribution < 1.29 is 24.3 Å². The Morgan fingerprint density at radius 2 is 1.58 bits per heavy atom. The maximum Gasteiger partial charge on any atom is 0.246 e. The molecule has 66 heavy (non-hydrogen) atoms. The van der Waals surface area contributed by atoms with Gasteiger partial charge in [0.2, 0.25) is 23.6 Å². The molecular weight excluding hydrogens is 871 g/mol. The molecular formula is C50H69N9O5S2. The summed E-state index contributed by atoms with van der Waals surface area (Å²) in [6, 6.07) is 13.7. The van der Waals surface area contributed by atoms with Crippen LogP contribution in [-0.4, -0.2) is 91.9 Å². The van der Waals surface area contributed by atoms with Crippen LogP contribution < -0.4 is 26.6 Å². The third-order valence-electron chi connectivity index (χ3n) is 12.6. The summed E-state index contributed by atoms with van der Waals surface area (Å²) in [6.07, 6.45) is 11.8. The van der Waals surface area contributed by atoms with Crippen molar-refractivity contribution in [3.05, 3.63) is 77.7 Å². The number of aliphatic hydroxyl groups excluding tert-OH is 1. The van der Waals surface area contributed by atoms with Crippen LogP contribution in [0.4, 0.5) is 11.5 Å². The van der Waals surface area contributed by atoms with Crippen LogP contribution in [0.1, 0.15) is 129 Å². The number of hydrogen-bond acceptors (Lipinski definition) is 12. The van der Waals surface area contributed by atoms with E-state index in [1.165, 1.54) is 16.7 Å². The fraction of sp³-hybridized carbons (Fsp3) is 0.540. The van der Waals surface area contributed by atoms with Gasteiger partial charge in [-0.25, -0.2) is 15.0 Å². The van der Waals surface area contributed by atoms with E-state index < -0.39 is 23.6 Å². The topological polar surface area (TPSA) is 196 Å². The number of nitrogens with zero attached hydrogens (tertiary/aromatic N) is 5. The summed E-state index contributed by atoms with van der Waals surface area (Å²) in [4.78, 5) is 73.0. The van der Waals surface area contributed by atoms with Crippen LogP contribution in [0, 0.1) is 12.3 Å². The van der Waals surface area contributed by atoms with Gasteiger partial charge in [0.25, 0.3) is 0 Å². The second-order valence-corrected chi connectivity index (χ2v) is 21.3. The minimum atomic E-state index is -0.863. The lowest BCUT2D eigenvalue weighted by Crippen LogP contribution is -2.57. The lowest BCUT2D eigenvalue weighted by Gasteiger charge is -2.37. The number of aryl methyl sites for hydroxylation is 1. The summed E-state index contributed by atoms with van der Waals surface area (Å²) in [6.45, 7) is 13.4. The number of nitrogens with two attached hydrogens (primary N) is 1. The fourth-order valence-corrected chi connectivity index (χ4v) is 10.1. The molecule has 4 aromatic rings. The van der Waals surface area contributed by atoms with E-state index in [0.29, 0.717) is 19.3 Å². The summed E-state index contributed by atoms with van der Waals surface area (Å²) in [7, 11) is 0. The Bertz CT molecular complexity index is 2240. The number of carbonyl (C=O) groups is 4. The van der Waals surface area contributed by atoms with Gasteiger partial charge < -0.3 is 36.6 Å². The van der Waals surface area contributed by atoms with Crippen molar-refractivity contribution in [2.24, 2.45) is 11.1 Å². The maximum absolute atomic E-state index is 14.1. The zero-order chi connectivity index (χ0) is 47.4. The van der Waals surface area contributed by atoms with Crippen molar-refractivity contribution in [3.8, 4) is 10.4 Å². The molecule has 2 saturated heterocycles. The third kappa shape index (κ3) is 14.5. The van der Waals surface area contributed by atoms with E-state index in [1.807, 2.05) is 94.9 Å². The van der Waals surface area contributed by atoms with Crippen LogP contribution in [-0.2, 0) is 19.2 Å². The number of thiazole rings is 1. The number of β-amino-alcohol motifs (C(OH)–C–C–N with tert-alkyl or cyclic N) is 1. The van der Waals surface area contributed by atoms with Crippen molar-refractivity contribution in [1.82, 2.24) is 30.5 Å². The van der Waals surface area contributed by atoms with E-state index in [9.17, 15) is 24.3 Å². The number of unbranched alkanes of at least 4 members (excludes halogenated alkanes) is 6. The Hall–Kier alpha value is -4.90. The highest BCUT2D eigenvalue weighted by Gasteiger charge is 2.44. The molecule has 2 aromatic carbocycles. The van der Waals surface area contributed by atoms with E-state index >= 15 is 0 Å². The lowest BCUT2D eigenvalue weighted by molar-refractivity contribution is -0.144. The third-order valence-corrected chi connectivity index (χ3v) is 14.4. The Morgan fingerprint density at radius 1 is 0.909 bits per heavy atom. The summed E-state index contributed by atoms with van der Waals surface area (Å²) >= 11 is 3.09. The molecule has 0 aliphatic carbocycles. The van der Waals surface area contributed by atoms with Crippen molar-refractivity contribution >= 4 is 58.2 Å². The van der Waals surface area contributed by atoms with Crippen LogP contribution in [0.2, 0.25) is 0 Å². The van der Waals surface area contributed by atoms with Gasteiger partial charge in [-0.3, -0.25) is 19.2 Å². The molecule has 4 atom stereocenters. The first-order valence-electron chi connectivity index (χ1n) is 23.5. The predicted molar refractivity (Wildman–Crippen MR) is 263 cm³/mol. The van der Waals surface area contributed by atoms with Crippen molar-refractivity contribution in [3.63, 3.8) is 0 Å². The largest absolute Gasteiger partial charge is 0.391 e. The highest BCUT2D eigenvalue weighted by atomic mass is 32.2. The Balaban J connectivity index is 0.855. The molecule has 6 N–H and O–H groups in total. The number of rotatable bonds is 20. The average Bonchev–Trinajstić information content (AvgIpc) is 3.90. The minimum absolute atomic E-state index is 0.0102. The summed E-state index contributed by atoms with van der Waals surface area (Å²) in [5.41, 5.74) is 11.1. The molecule has 2 aromatic heterocycles. The standard InChI is InChI=1S/C50H69N9O5S2/c1-33(35-19-21-36(22-20-35)45-34(2)54-32-65-45)55-47(63)40-28-38(60)31-59(40)48(64)46(49(3,4)5)57-43(62)18-13-11-9-7-8-10-12-17-42(61)56-37-15-14-16-39(27-37)66-44-30-52-41(29-53-44)58-25-23-50(6,51)24-26-58/h14-16,19-22,27,29-30,32-33,38,40,46,60H,7-13,17-18,23-26,28,31,51H2,1-6H3,(H,55,63)(H,56,61)(H,57,62)/t33-,38+,40-,46+/m0/s1. The SMILES string of the molecule is Cc1ncsc1-c1ccc([C@H](C)NC(=O)[C@@H]2C[C@@H](O)CN2C(=O)[C@@H](NC(=O)CCCCCCCCCC(=O)Nc2cccc(Sc3cnc(N4CCC(C)(N)CC4)cn3)c2)C(C)(C)C)cc1. The van der Waals surface area contributed by atoms with Crippen molar-refractivity contribution in [2.75, 3.05) is 29.9 Å². The van der Waals surface area contributed by atoms with Gasteiger partial charge in [-0.2, -0.15) is 0 Å². The lowest BCUT2D eigenvalue weighted by atomic mass is 9.85. The second kappa shape index (κ2) is 23.2. The van der Waals surface area contributed by atoms with Crippen molar-refractivity contribution in [2.45, 2.75) is 158 Å². The number of aliphatic hydroxyl groups is 1. The molecule has 0 radical (unpaired) electrons. The first kappa shape index (κ1) is 50.5. The molecule has 2 aliphatic rings. The van der Waals surface area contributed by atoms with Gasteiger partial charge in [0, 0.05) is 55.0 Å². The van der Waals surface area contributed by atoms with E-state index in [2.05, 4.69) is 42.7 Å². The molecule has 14 nitrogen and oxygen atoms in total. The number of aromatic nitrogens is 3. The number of anilines is 2. The smallest absolute Gasteiger partial charge is 0.246 e. The predicted octanol–water partition coefficient (Wildman–Crippen LogP) is 8.20. The van der Waals surface area contributed by atoms with Crippen LogP contribution in [0.3, 0.4) is 0 Å². The van der Waals surface area contributed by atoms with Gasteiger partial charge in [0.05, 0.1) is 40.6 Å². The van der Waals surface area contributed by atoms with Gasteiger partial charge in [-0.1, -0.05) is 95.0 Å². The van der Waals surface area contributed by atoms with Crippen LogP contribution in [0.25, 0.3) is 10.4 Å². The summed E-state index contributed by atoms with van der Waals surface area (Å²) in [5, 5.41) is 20.5. The maximum atomic E-state index is 14.1. The Morgan fingerprint density at radius 3 is 2.20 bits per heavy atom. The van der Waals surface area contributed by atoms with Crippen LogP contribution >= 0.6 is 23.1 Å². The normalized spacial score (nSPS) is 18.1. The molecule has 16 heteroatoms. The minimum Gasteiger partial charge on any atom is -0.391 e. The van der Waals surface area contributed by atoms with Crippen molar-refractivity contribution in [1.29, 1.82) is 0 Å². The summed E-state index contributed by atoms with van der Waals surface area (Å²) in [5.74, 6) is -0.0571. The molecule has 0 unspecified atom stereocenters. The zero-order valence-electron chi connectivity index (χ0n) is 39.5.